The molecule has 1 unspecified atom stereocenters. The summed E-state index contributed by atoms with van der Waals surface area (Å²) in [6, 6.07) is 21.3. The summed E-state index contributed by atoms with van der Waals surface area (Å²) in [5.74, 6) is -0.178. The van der Waals surface area contributed by atoms with Crippen molar-refractivity contribution in [2.75, 3.05) is 51.3 Å². The van der Waals surface area contributed by atoms with Crippen molar-refractivity contribution in [3.8, 4) is 11.5 Å². The minimum Gasteiger partial charge on any atom is -0.467 e. The van der Waals surface area contributed by atoms with Gasteiger partial charge in [0, 0.05) is 38.4 Å². The number of methoxy groups -OCH3 is 1. The maximum absolute atomic E-state index is 13.5. The largest absolute Gasteiger partial charge is 0.467 e. The van der Waals surface area contributed by atoms with Gasteiger partial charge in [-0.15, -0.1) is 0 Å². The quantitative estimate of drug-likeness (QED) is 0.331. The fraction of sp³-hybridized carbons (Fsp3) is 0.400. The molecule has 0 radical (unpaired) electrons. The fourth-order valence-corrected chi connectivity index (χ4v) is 5.92. The molecule has 3 aromatic rings. The van der Waals surface area contributed by atoms with Crippen LogP contribution in [0.2, 0.25) is 0 Å². The SMILES string of the molecule is COC(=O)C(NC(=O)N1CC[C@@H](N2CCN(c3ccc(F)cc3)CC2)[C@H](OC(=O)c2ccc(Oc3ccccc3)cc2)C1)C(C)C. The van der Waals surface area contributed by atoms with Crippen LogP contribution in [-0.4, -0.2) is 92.3 Å². The number of ether oxygens (including phenoxy) is 3. The monoisotopic (exact) mass is 632 g/mol. The molecular weight excluding hydrogens is 591 g/mol. The molecule has 2 aliphatic heterocycles. The first kappa shape index (κ1) is 32.7. The summed E-state index contributed by atoms with van der Waals surface area (Å²) < 4.78 is 30.3. The number of anilines is 1. The van der Waals surface area contributed by atoms with E-state index in [1.807, 2.05) is 44.2 Å². The number of urea groups is 1. The van der Waals surface area contributed by atoms with E-state index in [9.17, 15) is 18.8 Å². The Balaban J connectivity index is 1.28. The summed E-state index contributed by atoms with van der Waals surface area (Å²) in [6.45, 7) is 7.15. The number of rotatable bonds is 9. The van der Waals surface area contributed by atoms with Crippen LogP contribution in [0.3, 0.4) is 0 Å². The van der Waals surface area contributed by atoms with E-state index >= 15 is 0 Å². The molecule has 2 saturated heterocycles. The van der Waals surface area contributed by atoms with Gasteiger partial charge in [0.1, 0.15) is 29.5 Å². The third-order valence-electron chi connectivity index (χ3n) is 8.51. The number of halogens is 1. The van der Waals surface area contributed by atoms with Crippen molar-refractivity contribution in [2.24, 2.45) is 5.92 Å². The lowest BCUT2D eigenvalue weighted by atomic mass is 9.98. The average Bonchev–Trinajstić information content (AvgIpc) is 3.08. The molecule has 244 valence electrons. The Labute approximate surface area is 269 Å². The van der Waals surface area contributed by atoms with Crippen molar-refractivity contribution in [2.45, 2.75) is 38.5 Å². The lowest BCUT2D eigenvalue weighted by Crippen LogP contribution is -2.62. The Kier molecular flexibility index (Phi) is 10.7. The van der Waals surface area contributed by atoms with E-state index in [-0.39, 0.29) is 24.3 Å². The zero-order valence-electron chi connectivity index (χ0n) is 26.4. The van der Waals surface area contributed by atoms with E-state index < -0.39 is 30.1 Å². The highest BCUT2D eigenvalue weighted by Crippen LogP contribution is 2.26. The van der Waals surface area contributed by atoms with Crippen LogP contribution in [0.1, 0.15) is 30.6 Å². The Bertz CT molecular complexity index is 1460. The smallest absolute Gasteiger partial charge is 0.338 e. The number of piperazine rings is 1. The molecule has 3 aromatic carbocycles. The molecule has 2 amide bonds. The van der Waals surface area contributed by atoms with Crippen LogP contribution in [0.25, 0.3) is 0 Å². The van der Waals surface area contributed by atoms with Crippen LogP contribution in [0, 0.1) is 11.7 Å². The lowest BCUT2D eigenvalue weighted by molar-refractivity contribution is -0.144. The third-order valence-corrected chi connectivity index (χ3v) is 8.51. The second-order valence-electron chi connectivity index (χ2n) is 11.9. The van der Waals surface area contributed by atoms with Crippen LogP contribution in [0.5, 0.6) is 11.5 Å². The molecule has 10 nitrogen and oxygen atoms in total. The molecule has 0 spiro atoms. The molecule has 0 aromatic heterocycles. The normalized spacial score (nSPS) is 19.3. The van der Waals surface area contributed by atoms with Gasteiger partial charge in [-0.25, -0.2) is 18.8 Å². The average molecular weight is 633 g/mol. The minimum atomic E-state index is -0.799. The number of carbonyl (C=O) groups excluding carboxylic acids is 3. The molecular formula is C35H41FN4O6. The van der Waals surface area contributed by atoms with Crippen LogP contribution in [0.15, 0.2) is 78.9 Å². The lowest BCUT2D eigenvalue weighted by Gasteiger charge is -2.46. The Morgan fingerprint density at radius 3 is 2.13 bits per heavy atom. The maximum Gasteiger partial charge on any atom is 0.338 e. The molecule has 0 aliphatic carbocycles. The van der Waals surface area contributed by atoms with Crippen LogP contribution >= 0.6 is 0 Å². The first-order valence-corrected chi connectivity index (χ1v) is 15.6. The highest BCUT2D eigenvalue weighted by molar-refractivity contribution is 5.89. The Morgan fingerprint density at radius 1 is 0.848 bits per heavy atom. The summed E-state index contributed by atoms with van der Waals surface area (Å²) in [7, 11) is 1.29. The fourth-order valence-electron chi connectivity index (χ4n) is 5.92. The highest BCUT2D eigenvalue weighted by atomic mass is 19.1. The Morgan fingerprint density at radius 2 is 1.50 bits per heavy atom. The number of likely N-dealkylation sites (tertiary alicyclic amines) is 1. The third kappa shape index (κ3) is 8.14. The molecule has 11 heteroatoms. The second-order valence-corrected chi connectivity index (χ2v) is 11.9. The standard InChI is InChI=1S/C35H41FN4O6/c1-24(2)32(34(42)44-3)37-35(43)40-18-17-30(39-21-19-38(20-22-39)27-13-11-26(36)12-14-27)31(23-40)46-33(41)25-9-15-29(16-10-25)45-28-7-5-4-6-8-28/h4-16,24,30-32H,17-23H2,1-3H3,(H,37,43)/t30-,31-,32?/m1/s1. The molecule has 1 N–H and O–H groups in total. The summed E-state index contributed by atoms with van der Waals surface area (Å²) >= 11 is 0. The number of amides is 2. The number of para-hydroxylation sites is 1. The van der Waals surface area contributed by atoms with Gasteiger partial charge in [-0.05, 0) is 73.0 Å². The van der Waals surface area contributed by atoms with Gasteiger partial charge < -0.3 is 29.3 Å². The summed E-state index contributed by atoms with van der Waals surface area (Å²) in [5, 5.41) is 2.80. The van der Waals surface area contributed by atoms with Gasteiger partial charge >= 0.3 is 18.0 Å². The van der Waals surface area contributed by atoms with E-state index in [0.29, 0.717) is 43.1 Å². The number of hydrogen-bond donors (Lipinski definition) is 1. The van der Waals surface area contributed by atoms with Crippen molar-refractivity contribution in [1.29, 1.82) is 0 Å². The number of piperidine rings is 1. The zero-order valence-corrected chi connectivity index (χ0v) is 26.4. The van der Waals surface area contributed by atoms with Crippen molar-refractivity contribution in [1.82, 2.24) is 15.1 Å². The number of nitrogens with one attached hydrogen (secondary N) is 1. The number of esters is 2. The van der Waals surface area contributed by atoms with Gasteiger partial charge in [0.2, 0.25) is 0 Å². The molecule has 2 aliphatic rings. The van der Waals surface area contributed by atoms with E-state index in [4.69, 9.17) is 14.2 Å². The first-order chi connectivity index (χ1) is 22.2. The molecule has 0 saturated carbocycles. The Hall–Kier alpha value is -4.64. The molecule has 5 rings (SSSR count). The van der Waals surface area contributed by atoms with E-state index in [2.05, 4.69) is 15.1 Å². The zero-order chi connectivity index (χ0) is 32.6. The number of benzene rings is 3. The van der Waals surface area contributed by atoms with E-state index in [1.165, 1.54) is 19.2 Å². The molecule has 3 atom stereocenters. The van der Waals surface area contributed by atoms with Crippen molar-refractivity contribution in [3.63, 3.8) is 0 Å². The van der Waals surface area contributed by atoms with Gasteiger partial charge in [-0.2, -0.15) is 0 Å². The number of nitrogens with zero attached hydrogens (tertiary/aromatic N) is 3. The van der Waals surface area contributed by atoms with Crippen molar-refractivity contribution in [3.05, 3.63) is 90.2 Å². The van der Waals surface area contributed by atoms with Gasteiger partial charge in [0.05, 0.1) is 25.3 Å². The number of hydrogen-bond acceptors (Lipinski definition) is 8. The van der Waals surface area contributed by atoms with Gasteiger partial charge in [-0.1, -0.05) is 32.0 Å². The second kappa shape index (κ2) is 15.1. The van der Waals surface area contributed by atoms with Gasteiger partial charge in [0.25, 0.3) is 0 Å². The molecule has 46 heavy (non-hydrogen) atoms. The van der Waals surface area contributed by atoms with Gasteiger partial charge in [-0.3, -0.25) is 4.90 Å². The van der Waals surface area contributed by atoms with Crippen LogP contribution < -0.4 is 15.0 Å². The minimum absolute atomic E-state index is 0.120. The molecule has 2 heterocycles. The summed E-state index contributed by atoms with van der Waals surface area (Å²) in [5.41, 5.74) is 1.33. The predicted octanol–water partition coefficient (Wildman–Crippen LogP) is 4.95. The topological polar surface area (TPSA) is 101 Å². The molecule has 0 bridgehead atoms. The summed E-state index contributed by atoms with van der Waals surface area (Å²) in [4.78, 5) is 45.2. The number of carbonyl (C=O) groups is 3. The predicted molar refractivity (Wildman–Crippen MR) is 171 cm³/mol. The van der Waals surface area contributed by atoms with Crippen molar-refractivity contribution < 1.29 is 33.0 Å². The highest BCUT2D eigenvalue weighted by Gasteiger charge is 2.39. The summed E-state index contributed by atoms with van der Waals surface area (Å²) in [6.07, 6.45) is -0.0312. The first-order valence-electron chi connectivity index (χ1n) is 15.6. The van der Waals surface area contributed by atoms with Crippen LogP contribution in [0.4, 0.5) is 14.9 Å². The molecule has 2 fully saturated rings. The maximum atomic E-state index is 13.5. The van der Waals surface area contributed by atoms with E-state index in [1.54, 1.807) is 41.3 Å². The van der Waals surface area contributed by atoms with Crippen LogP contribution in [-0.2, 0) is 14.3 Å². The van der Waals surface area contributed by atoms with Crippen molar-refractivity contribution >= 4 is 23.7 Å². The van der Waals surface area contributed by atoms with E-state index in [0.717, 1.165) is 18.8 Å². The van der Waals surface area contributed by atoms with Gasteiger partial charge in [0.15, 0.2) is 0 Å².